The minimum Gasteiger partial charge on any atom is -0.366 e. The SMILES string of the molecule is CC(C)C[C@@H]1C(=O)N[C@H](C2Cc3ccccc3C2)C(=O)N1[C@@H](C(=O)NC(C)C)c1ccc(C(N)=O)cc1. The van der Waals surface area contributed by atoms with Gasteiger partial charge in [0.15, 0.2) is 0 Å². The van der Waals surface area contributed by atoms with Crippen LogP contribution >= 0.6 is 0 Å². The Hall–Kier alpha value is -3.68. The summed E-state index contributed by atoms with van der Waals surface area (Å²) >= 11 is 0. The molecule has 0 aromatic heterocycles. The highest BCUT2D eigenvalue weighted by Gasteiger charge is 2.49. The summed E-state index contributed by atoms with van der Waals surface area (Å²) in [6.07, 6.45) is 1.79. The number of nitrogens with two attached hydrogens (primary N) is 1. The summed E-state index contributed by atoms with van der Waals surface area (Å²) in [5.41, 5.74) is 8.60. The molecule has 37 heavy (non-hydrogen) atoms. The Bertz CT molecular complexity index is 1170. The van der Waals surface area contributed by atoms with Crippen LogP contribution in [0.3, 0.4) is 0 Å². The zero-order chi connectivity index (χ0) is 26.9. The minimum absolute atomic E-state index is 0.0950. The molecule has 4 N–H and O–H groups in total. The van der Waals surface area contributed by atoms with Crippen molar-refractivity contribution in [2.24, 2.45) is 17.6 Å². The lowest BCUT2D eigenvalue weighted by molar-refractivity contribution is -0.158. The molecular formula is C29H36N4O4. The van der Waals surface area contributed by atoms with Gasteiger partial charge in [-0.3, -0.25) is 19.2 Å². The number of hydrogen-bond acceptors (Lipinski definition) is 4. The zero-order valence-electron chi connectivity index (χ0n) is 21.9. The number of nitrogens with one attached hydrogen (secondary N) is 2. The topological polar surface area (TPSA) is 122 Å². The molecule has 2 aromatic carbocycles. The maximum absolute atomic E-state index is 14.2. The van der Waals surface area contributed by atoms with Crippen molar-refractivity contribution < 1.29 is 19.2 Å². The van der Waals surface area contributed by atoms with Gasteiger partial charge in [-0.05, 0) is 73.8 Å². The summed E-state index contributed by atoms with van der Waals surface area (Å²) in [5, 5.41) is 5.94. The van der Waals surface area contributed by atoms with E-state index in [1.165, 1.54) is 16.0 Å². The number of hydrogen-bond donors (Lipinski definition) is 3. The number of amides is 4. The van der Waals surface area contributed by atoms with E-state index in [4.69, 9.17) is 5.73 Å². The number of carbonyl (C=O) groups is 4. The van der Waals surface area contributed by atoms with Gasteiger partial charge in [0.25, 0.3) is 0 Å². The molecule has 1 aliphatic heterocycles. The Labute approximate surface area is 218 Å². The first-order chi connectivity index (χ1) is 17.6. The van der Waals surface area contributed by atoms with Gasteiger partial charge in [-0.2, -0.15) is 0 Å². The van der Waals surface area contributed by atoms with Gasteiger partial charge in [0.2, 0.25) is 23.6 Å². The lowest BCUT2D eigenvalue weighted by atomic mass is 9.87. The number of nitrogens with zero attached hydrogens (tertiary/aromatic N) is 1. The standard InChI is InChI=1S/C29H36N4O4/c1-16(2)13-23-27(35)32-24(22-14-20-7-5-6-8-21(20)15-22)29(37)33(23)25(28(36)31-17(3)4)18-9-11-19(12-10-18)26(30)34/h5-12,16-17,22-25H,13-15H2,1-4H3,(H2,30,34)(H,31,36)(H,32,35)/t23-,24-,25-/m1/s1. The third kappa shape index (κ3) is 5.53. The maximum atomic E-state index is 14.2. The normalized spacial score (nSPS) is 20.6. The fourth-order valence-corrected chi connectivity index (χ4v) is 5.51. The van der Waals surface area contributed by atoms with Crippen LogP contribution in [0, 0.1) is 11.8 Å². The highest BCUT2D eigenvalue weighted by atomic mass is 16.2. The van der Waals surface area contributed by atoms with Crippen LogP contribution in [0.1, 0.15) is 67.2 Å². The van der Waals surface area contributed by atoms with Gasteiger partial charge in [-0.1, -0.05) is 50.2 Å². The Morgan fingerprint density at radius 1 is 1.00 bits per heavy atom. The number of carbonyl (C=O) groups excluding carboxylic acids is 4. The van der Waals surface area contributed by atoms with Crippen molar-refractivity contribution in [2.45, 2.75) is 71.1 Å². The molecule has 3 atom stereocenters. The third-order valence-electron chi connectivity index (χ3n) is 7.17. The van der Waals surface area contributed by atoms with Crippen LogP contribution in [0.15, 0.2) is 48.5 Å². The lowest BCUT2D eigenvalue weighted by Gasteiger charge is -2.45. The van der Waals surface area contributed by atoms with E-state index in [0.29, 0.717) is 30.4 Å². The first-order valence-electron chi connectivity index (χ1n) is 13.0. The van der Waals surface area contributed by atoms with E-state index < -0.39 is 24.0 Å². The summed E-state index contributed by atoms with van der Waals surface area (Å²) in [7, 11) is 0. The molecule has 2 aliphatic rings. The van der Waals surface area contributed by atoms with E-state index in [1.807, 2.05) is 39.8 Å². The van der Waals surface area contributed by atoms with E-state index >= 15 is 0 Å². The Kier molecular flexibility index (Phi) is 7.66. The predicted octanol–water partition coefficient (Wildman–Crippen LogP) is 2.51. The number of fused-ring (bicyclic) bond motifs is 1. The molecule has 0 spiro atoms. The molecule has 0 bridgehead atoms. The van der Waals surface area contributed by atoms with Crippen molar-refractivity contribution in [1.82, 2.24) is 15.5 Å². The smallest absolute Gasteiger partial charge is 0.248 e. The third-order valence-corrected chi connectivity index (χ3v) is 7.17. The van der Waals surface area contributed by atoms with Gasteiger partial charge >= 0.3 is 0 Å². The molecule has 8 nitrogen and oxygen atoms in total. The molecule has 1 aliphatic carbocycles. The zero-order valence-corrected chi connectivity index (χ0v) is 21.9. The number of primary amides is 1. The van der Waals surface area contributed by atoms with E-state index in [2.05, 4.69) is 22.8 Å². The van der Waals surface area contributed by atoms with E-state index in [-0.39, 0.29) is 35.6 Å². The Morgan fingerprint density at radius 2 is 1.59 bits per heavy atom. The average Bonchev–Trinajstić information content (AvgIpc) is 3.27. The van der Waals surface area contributed by atoms with Gasteiger partial charge in [0.1, 0.15) is 18.1 Å². The van der Waals surface area contributed by atoms with Crippen LogP contribution in [0.5, 0.6) is 0 Å². The fraction of sp³-hybridized carbons (Fsp3) is 0.448. The summed E-state index contributed by atoms with van der Waals surface area (Å²) in [5.74, 6) is -1.43. The average molecular weight is 505 g/mol. The second kappa shape index (κ2) is 10.7. The molecule has 8 heteroatoms. The second-order valence-electron chi connectivity index (χ2n) is 10.9. The molecule has 0 unspecified atom stereocenters. The fourth-order valence-electron chi connectivity index (χ4n) is 5.51. The Balaban J connectivity index is 1.76. The molecule has 0 saturated carbocycles. The first-order valence-corrected chi connectivity index (χ1v) is 13.0. The van der Waals surface area contributed by atoms with Crippen molar-refractivity contribution in [2.75, 3.05) is 0 Å². The Morgan fingerprint density at radius 3 is 2.11 bits per heavy atom. The summed E-state index contributed by atoms with van der Waals surface area (Å²) in [4.78, 5) is 54.6. The number of benzene rings is 2. The predicted molar refractivity (Wildman–Crippen MR) is 140 cm³/mol. The van der Waals surface area contributed by atoms with Gasteiger partial charge < -0.3 is 21.3 Å². The first kappa shape index (κ1) is 26.4. The van der Waals surface area contributed by atoms with Crippen molar-refractivity contribution in [3.63, 3.8) is 0 Å². The highest BCUT2D eigenvalue weighted by molar-refractivity contribution is 6.00. The molecule has 1 saturated heterocycles. The summed E-state index contributed by atoms with van der Waals surface area (Å²) in [6.45, 7) is 7.67. The van der Waals surface area contributed by atoms with Crippen LogP contribution in [0.4, 0.5) is 0 Å². The number of piperazine rings is 1. The molecule has 4 rings (SSSR count). The van der Waals surface area contributed by atoms with Crippen molar-refractivity contribution >= 4 is 23.6 Å². The molecule has 196 valence electrons. The van der Waals surface area contributed by atoms with E-state index in [0.717, 1.165) is 0 Å². The molecule has 1 fully saturated rings. The van der Waals surface area contributed by atoms with Crippen molar-refractivity contribution in [1.29, 1.82) is 0 Å². The van der Waals surface area contributed by atoms with Gasteiger partial charge in [-0.25, -0.2) is 0 Å². The van der Waals surface area contributed by atoms with Crippen LogP contribution < -0.4 is 16.4 Å². The van der Waals surface area contributed by atoms with Gasteiger partial charge in [0, 0.05) is 11.6 Å². The van der Waals surface area contributed by atoms with Crippen LogP contribution in [-0.4, -0.2) is 46.7 Å². The van der Waals surface area contributed by atoms with Gasteiger partial charge in [-0.15, -0.1) is 0 Å². The van der Waals surface area contributed by atoms with Crippen LogP contribution in [0.2, 0.25) is 0 Å². The quantitative estimate of drug-likeness (QED) is 0.511. The van der Waals surface area contributed by atoms with E-state index in [1.54, 1.807) is 24.3 Å². The molecule has 4 amide bonds. The minimum atomic E-state index is -1.03. The monoisotopic (exact) mass is 504 g/mol. The second-order valence-corrected chi connectivity index (χ2v) is 10.9. The van der Waals surface area contributed by atoms with Gasteiger partial charge in [0.05, 0.1) is 0 Å². The van der Waals surface area contributed by atoms with Crippen LogP contribution in [-0.2, 0) is 27.2 Å². The van der Waals surface area contributed by atoms with E-state index in [9.17, 15) is 19.2 Å². The summed E-state index contributed by atoms with van der Waals surface area (Å²) < 4.78 is 0. The molecular weight excluding hydrogens is 468 g/mol. The largest absolute Gasteiger partial charge is 0.366 e. The maximum Gasteiger partial charge on any atom is 0.248 e. The highest BCUT2D eigenvalue weighted by Crippen LogP contribution is 2.35. The lowest BCUT2D eigenvalue weighted by Crippen LogP contribution is -2.67. The van der Waals surface area contributed by atoms with Crippen LogP contribution in [0.25, 0.3) is 0 Å². The molecule has 2 aromatic rings. The number of rotatable bonds is 8. The van der Waals surface area contributed by atoms with Crippen molar-refractivity contribution in [3.8, 4) is 0 Å². The molecule has 0 radical (unpaired) electrons. The molecule has 1 heterocycles. The van der Waals surface area contributed by atoms with Crippen molar-refractivity contribution in [3.05, 3.63) is 70.8 Å². The summed E-state index contributed by atoms with van der Waals surface area (Å²) in [6, 6.07) is 11.7.